The van der Waals surface area contributed by atoms with Crippen molar-refractivity contribution in [3.05, 3.63) is 40.9 Å². The molecule has 2 rings (SSSR count). The quantitative estimate of drug-likeness (QED) is 0.927. The predicted octanol–water partition coefficient (Wildman–Crippen LogP) is 3.50. The van der Waals surface area contributed by atoms with Crippen molar-refractivity contribution in [2.24, 2.45) is 5.92 Å². The van der Waals surface area contributed by atoms with Crippen LogP contribution in [0.4, 0.5) is 0 Å². The molecule has 3 nitrogen and oxygen atoms in total. The molecular formula is C15H18N2OS. The van der Waals surface area contributed by atoms with Crippen molar-refractivity contribution in [1.82, 2.24) is 10.3 Å². The van der Waals surface area contributed by atoms with Gasteiger partial charge in [0.15, 0.2) is 0 Å². The molecule has 0 aliphatic rings. The normalized spacial score (nSPS) is 10.7. The molecule has 0 unspecified atom stereocenters. The number of thiophene rings is 1. The van der Waals surface area contributed by atoms with E-state index < -0.39 is 0 Å². The lowest BCUT2D eigenvalue weighted by molar-refractivity contribution is 0.0948. The maximum atomic E-state index is 12.0. The molecule has 100 valence electrons. The third-order valence-electron chi connectivity index (χ3n) is 2.77. The summed E-state index contributed by atoms with van der Waals surface area (Å²) in [5.74, 6) is 0.402. The highest BCUT2D eigenvalue weighted by atomic mass is 32.1. The summed E-state index contributed by atoms with van der Waals surface area (Å²) in [6, 6.07) is 7.79. The molecule has 0 aliphatic carbocycles. The van der Waals surface area contributed by atoms with E-state index in [1.54, 1.807) is 11.3 Å². The highest BCUT2D eigenvalue weighted by Crippen LogP contribution is 2.23. The number of nitrogens with one attached hydrogen (secondary N) is 1. The van der Waals surface area contributed by atoms with E-state index in [2.05, 4.69) is 24.1 Å². The predicted molar refractivity (Wildman–Crippen MR) is 79.5 cm³/mol. The van der Waals surface area contributed by atoms with E-state index in [0.717, 1.165) is 16.3 Å². The van der Waals surface area contributed by atoms with Crippen molar-refractivity contribution in [2.45, 2.75) is 20.8 Å². The fraction of sp³-hybridized carbons (Fsp3) is 0.333. The Bertz CT molecular complexity index is 562. The highest BCUT2D eigenvalue weighted by molar-refractivity contribution is 7.13. The van der Waals surface area contributed by atoms with Gasteiger partial charge in [-0.05, 0) is 36.4 Å². The maximum Gasteiger partial charge on any atom is 0.253 e. The molecule has 0 bridgehead atoms. The topological polar surface area (TPSA) is 42.0 Å². The molecule has 1 amide bonds. The van der Waals surface area contributed by atoms with Crippen LogP contribution in [0.1, 0.15) is 29.9 Å². The number of carbonyl (C=O) groups is 1. The molecule has 0 aliphatic heterocycles. The van der Waals surface area contributed by atoms with Gasteiger partial charge in [-0.1, -0.05) is 19.9 Å². The first kappa shape index (κ1) is 13.7. The number of amides is 1. The summed E-state index contributed by atoms with van der Waals surface area (Å²) in [6.07, 6.45) is 0. The molecule has 0 aromatic carbocycles. The average Bonchev–Trinajstić information content (AvgIpc) is 2.89. The van der Waals surface area contributed by atoms with Crippen LogP contribution in [0, 0.1) is 12.8 Å². The monoisotopic (exact) mass is 274 g/mol. The summed E-state index contributed by atoms with van der Waals surface area (Å²) in [5, 5.41) is 4.94. The van der Waals surface area contributed by atoms with Crippen LogP contribution in [0.3, 0.4) is 0 Å². The van der Waals surface area contributed by atoms with Gasteiger partial charge < -0.3 is 5.32 Å². The van der Waals surface area contributed by atoms with Gasteiger partial charge in [0.05, 0.1) is 21.8 Å². The number of aromatic nitrogens is 1. The van der Waals surface area contributed by atoms with E-state index in [9.17, 15) is 4.79 Å². The molecule has 0 saturated heterocycles. The van der Waals surface area contributed by atoms with Gasteiger partial charge in [-0.15, -0.1) is 11.3 Å². The molecule has 0 fully saturated rings. The second-order valence-corrected chi connectivity index (χ2v) is 5.86. The van der Waals surface area contributed by atoms with E-state index in [0.29, 0.717) is 18.0 Å². The van der Waals surface area contributed by atoms with Gasteiger partial charge in [-0.25, -0.2) is 0 Å². The lowest BCUT2D eigenvalue weighted by atomic mass is 10.1. The number of hydrogen-bond acceptors (Lipinski definition) is 3. The van der Waals surface area contributed by atoms with Gasteiger partial charge in [0.2, 0.25) is 0 Å². The molecule has 2 heterocycles. The third-order valence-corrected chi connectivity index (χ3v) is 3.67. The number of nitrogens with zero attached hydrogens (tertiary/aromatic N) is 1. The lowest BCUT2D eigenvalue weighted by Gasteiger charge is -2.10. The van der Waals surface area contributed by atoms with Gasteiger partial charge >= 0.3 is 0 Å². The average molecular weight is 274 g/mol. The Morgan fingerprint density at radius 1 is 1.37 bits per heavy atom. The summed E-state index contributed by atoms with van der Waals surface area (Å²) < 4.78 is 0. The Morgan fingerprint density at radius 3 is 2.74 bits per heavy atom. The van der Waals surface area contributed by atoms with Gasteiger partial charge in [0.25, 0.3) is 5.91 Å². The fourth-order valence-electron chi connectivity index (χ4n) is 1.75. The molecule has 0 atom stereocenters. The second kappa shape index (κ2) is 5.97. The van der Waals surface area contributed by atoms with Crippen LogP contribution in [-0.4, -0.2) is 17.4 Å². The van der Waals surface area contributed by atoms with Crippen molar-refractivity contribution in [1.29, 1.82) is 0 Å². The van der Waals surface area contributed by atoms with Crippen molar-refractivity contribution in [2.75, 3.05) is 6.54 Å². The van der Waals surface area contributed by atoms with Crippen molar-refractivity contribution >= 4 is 17.2 Å². The Hall–Kier alpha value is -1.68. The largest absolute Gasteiger partial charge is 0.352 e. The number of pyridine rings is 1. The van der Waals surface area contributed by atoms with Crippen LogP contribution in [0.25, 0.3) is 10.6 Å². The van der Waals surface area contributed by atoms with Crippen LogP contribution in [0.5, 0.6) is 0 Å². The SMILES string of the molecule is Cc1nc(-c2cccs2)ccc1C(=O)NCC(C)C. The highest BCUT2D eigenvalue weighted by Gasteiger charge is 2.11. The first-order valence-electron chi connectivity index (χ1n) is 6.37. The first-order chi connectivity index (χ1) is 9.08. The van der Waals surface area contributed by atoms with Gasteiger partial charge in [0, 0.05) is 6.54 Å². The third kappa shape index (κ3) is 3.41. The van der Waals surface area contributed by atoms with E-state index in [1.807, 2.05) is 36.6 Å². The van der Waals surface area contributed by atoms with Gasteiger partial charge in [-0.2, -0.15) is 0 Å². The summed E-state index contributed by atoms with van der Waals surface area (Å²) in [4.78, 5) is 17.7. The van der Waals surface area contributed by atoms with E-state index in [-0.39, 0.29) is 5.91 Å². The number of aryl methyl sites for hydroxylation is 1. The van der Waals surface area contributed by atoms with Crippen LogP contribution in [0.15, 0.2) is 29.6 Å². The number of rotatable bonds is 4. The molecule has 0 spiro atoms. The van der Waals surface area contributed by atoms with Crippen LogP contribution >= 0.6 is 11.3 Å². The summed E-state index contributed by atoms with van der Waals surface area (Å²) >= 11 is 1.65. The molecule has 1 N–H and O–H groups in total. The molecule has 2 aromatic heterocycles. The maximum absolute atomic E-state index is 12.0. The van der Waals surface area contributed by atoms with E-state index in [4.69, 9.17) is 0 Å². The zero-order valence-electron chi connectivity index (χ0n) is 11.4. The summed E-state index contributed by atoms with van der Waals surface area (Å²) in [6.45, 7) is 6.71. The summed E-state index contributed by atoms with van der Waals surface area (Å²) in [5.41, 5.74) is 2.35. The van der Waals surface area contributed by atoms with Crippen molar-refractivity contribution in [3.63, 3.8) is 0 Å². The Balaban J connectivity index is 2.18. The van der Waals surface area contributed by atoms with Crippen LogP contribution < -0.4 is 5.32 Å². The molecule has 0 saturated carbocycles. The first-order valence-corrected chi connectivity index (χ1v) is 7.25. The van der Waals surface area contributed by atoms with Crippen molar-refractivity contribution in [3.8, 4) is 10.6 Å². The fourth-order valence-corrected chi connectivity index (χ4v) is 2.45. The van der Waals surface area contributed by atoms with E-state index >= 15 is 0 Å². The number of hydrogen-bond donors (Lipinski definition) is 1. The summed E-state index contributed by atoms with van der Waals surface area (Å²) in [7, 11) is 0. The molecule has 0 radical (unpaired) electrons. The van der Waals surface area contributed by atoms with E-state index in [1.165, 1.54) is 0 Å². The zero-order chi connectivity index (χ0) is 13.8. The van der Waals surface area contributed by atoms with Gasteiger partial charge in [-0.3, -0.25) is 9.78 Å². The second-order valence-electron chi connectivity index (χ2n) is 4.91. The Labute approximate surface area is 117 Å². The van der Waals surface area contributed by atoms with Crippen LogP contribution in [-0.2, 0) is 0 Å². The lowest BCUT2D eigenvalue weighted by Crippen LogP contribution is -2.28. The smallest absolute Gasteiger partial charge is 0.253 e. The van der Waals surface area contributed by atoms with Crippen LogP contribution in [0.2, 0.25) is 0 Å². The minimum Gasteiger partial charge on any atom is -0.352 e. The Morgan fingerprint density at radius 2 is 2.16 bits per heavy atom. The molecular weight excluding hydrogens is 256 g/mol. The van der Waals surface area contributed by atoms with Crippen molar-refractivity contribution < 1.29 is 4.79 Å². The Kier molecular flexibility index (Phi) is 4.32. The molecule has 19 heavy (non-hydrogen) atoms. The van der Waals surface area contributed by atoms with Gasteiger partial charge in [0.1, 0.15) is 0 Å². The molecule has 2 aromatic rings. The zero-order valence-corrected chi connectivity index (χ0v) is 12.3. The minimum atomic E-state index is -0.0450. The minimum absolute atomic E-state index is 0.0450. The standard InChI is InChI=1S/C15H18N2OS/c1-10(2)9-16-15(18)12-6-7-13(17-11(12)3)14-5-4-8-19-14/h4-8,10H,9H2,1-3H3,(H,16,18). The molecule has 4 heteroatoms. The number of carbonyl (C=O) groups excluding carboxylic acids is 1.